The molecule has 1 aromatic carbocycles. The summed E-state index contributed by atoms with van der Waals surface area (Å²) in [6, 6.07) is 2.57. The van der Waals surface area contributed by atoms with E-state index in [1.807, 2.05) is 13.2 Å². The van der Waals surface area contributed by atoms with Gasteiger partial charge in [0.1, 0.15) is 17.2 Å². The third-order valence-corrected chi connectivity index (χ3v) is 6.16. The number of benzene rings is 1. The molecule has 1 N–H and O–H groups in total. The lowest BCUT2D eigenvalue weighted by Gasteiger charge is -2.38. The van der Waals surface area contributed by atoms with Gasteiger partial charge in [0.25, 0.3) is 0 Å². The van der Waals surface area contributed by atoms with E-state index in [1.54, 1.807) is 17.8 Å². The van der Waals surface area contributed by atoms with E-state index in [-0.39, 0.29) is 35.9 Å². The number of halogens is 1. The molecule has 5 nitrogen and oxygen atoms in total. The van der Waals surface area contributed by atoms with E-state index in [0.29, 0.717) is 24.2 Å². The molecule has 0 spiro atoms. The molecule has 1 aliphatic carbocycles. The molecule has 1 aromatic rings. The summed E-state index contributed by atoms with van der Waals surface area (Å²) >= 11 is 1.71. The Morgan fingerprint density at radius 3 is 2.96 bits per heavy atom. The van der Waals surface area contributed by atoms with E-state index in [0.717, 1.165) is 12.2 Å². The maximum Gasteiger partial charge on any atom is 0.189 e. The normalized spacial score (nSPS) is 25.6. The summed E-state index contributed by atoms with van der Waals surface area (Å²) in [6.45, 7) is 2.06. The summed E-state index contributed by atoms with van der Waals surface area (Å²) in [5, 5.41) is 9.99. The van der Waals surface area contributed by atoms with Crippen LogP contribution in [0.2, 0.25) is 0 Å². The lowest BCUT2D eigenvalue weighted by Crippen LogP contribution is -2.45. The number of thioether (sulfide) groups is 1. The van der Waals surface area contributed by atoms with E-state index in [4.69, 9.17) is 14.2 Å². The van der Waals surface area contributed by atoms with Crippen LogP contribution in [0, 0.1) is 17.7 Å². The minimum absolute atomic E-state index is 0.0700. The van der Waals surface area contributed by atoms with Crippen molar-refractivity contribution < 1.29 is 28.5 Å². The predicted molar refractivity (Wildman–Crippen MR) is 101 cm³/mol. The molecule has 0 saturated carbocycles. The number of methoxy groups -OCH3 is 1. The van der Waals surface area contributed by atoms with E-state index in [2.05, 4.69) is 0 Å². The minimum Gasteiger partial charge on any atom is -0.504 e. The van der Waals surface area contributed by atoms with Crippen LogP contribution in [-0.2, 0) is 20.7 Å². The first-order valence-corrected chi connectivity index (χ1v) is 10.4. The van der Waals surface area contributed by atoms with Crippen LogP contribution in [-0.4, -0.2) is 42.4 Å². The number of phenolic OH excluding ortho intramolecular Hbond substituents is 1. The number of carbonyl (C=O) groups is 1. The Labute approximate surface area is 162 Å². The summed E-state index contributed by atoms with van der Waals surface area (Å²) in [6.07, 6.45) is 5.22. The summed E-state index contributed by atoms with van der Waals surface area (Å²) < 4.78 is 31.0. The Bertz CT molecular complexity index is 750. The molecule has 1 saturated heterocycles. The first-order chi connectivity index (χ1) is 12.9. The molecule has 0 bridgehead atoms. The maximum atomic E-state index is 14.5. The van der Waals surface area contributed by atoms with Crippen LogP contribution < -0.4 is 4.74 Å². The smallest absolute Gasteiger partial charge is 0.189 e. The van der Waals surface area contributed by atoms with Crippen molar-refractivity contribution in [3.8, 4) is 11.5 Å². The Morgan fingerprint density at radius 2 is 2.26 bits per heavy atom. The van der Waals surface area contributed by atoms with Crippen LogP contribution in [0.5, 0.6) is 11.5 Å². The highest BCUT2D eigenvalue weighted by molar-refractivity contribution is 7.98. The SMILES string of the molecule is COc1cc(F)c(C[C@H](C)[C@]23C[C@H](CCSC)C(=O)C=C2OCO3)cc1O. The highest BCUT2D eigenvalue weighted by atomic mass is 32.2. The van der Waals surface area contributed by atoms with E-state index < -0.39 is 11.4 Å². The zero-order chi connectivity index (χ0) is 19.6. The van der Waals surface area contributed by atoms with Gasteiger partial charge in [0.2, 0.25) is 0 Å². The minimum atomic E-state index is -0.737. The van der Waals surface area contributed by atoms with E-state index >= 15 is 0 Å². The molecular formula is C20H25FO5S. The predicted octanol–water partition coefficient (Wildman–Crippen LogP) is 3.69. The number of ketones is 1. The molecule has 27 heavy (non-hydrogen) atoms. The second kappa shape index (κ2) is 8.10. The van der Waals surface area contributed by atoms with Gasteiger partial charge in [-0.1, -0.05) is 6.92 Å². The molecule has 1 heterocycles. The molecule has 2 aliphatic rings. The number of aromatic hydroxyl groups is 1. The van der Waals surface area contributed by atoms with Crippen molar-refractivity contribution in [1.82, 2.24) is 0 Å². The molecular weight excluding hydrogens is 371 g/mol. The third kappa shape index (κ3) is 3.80. The lowest BCUT2D eigenvalue weighted by molar-refractivity contribution is -0.123. The molecule has 0 radical (unpaired) electrons. The average Bonchev–Trinajstić information content (AvgIpc) is 3.06. The number of fused-ring (bicyclic) bond motifs is 1. The highest BCUT2D eigenvalue weighted by Crippen LogP contribution is 2.46. The van der Waals surface area contributed by atoms with Gasteiger partial charge >= 0.3 is 0 Å². The summed E-state index contributed by atoms with van der Waals surface area (Å²) in [4.78, 5) is 12.4. The zero-order valence-electron chi connectivity index (χ0n) is 15.8. The number of hydrogen-bond donors (Lipinski definition) is 1. The van der Waals surface area contributed by atoms with Crippen LogP contribution in [0.4, 0.5) is 4.39 Å². The number of hydrogen-bond acceptors (Lipinski definition) is 6. The third-order valence-electron chi connectivity index (χ3n) is 5.51. The van der Waals surface area contributed by atoms with Gasteiger partial charge < -0.3 is 19.3 Å². The van der Waals surface area contributed by atoms with Crippen LogP contribution >= 0.6 is 11.8 Å². The van der Waals surface area contributed by atoms with Crippen LogP contribution in [0.3, 0.4) is 0 Å². The molecule has 0 aromatic heterocycles. The zero-order valence-corrected chi connectivity index (χ0v) is 16.6. The molecule has 0 amide bonds. The van der Waals surface area contributed by atoms with E-state index in [9.17, 15) is 14.3 Å². The van der Waals surface area contributed by atoms with Gasteiger partial charge in [0.05, 0.1) is 7.11 Å². The lowest BCUT2D eigenvalue weighted by atomic mass is 9.71. The highest BCUT2D eigenvalue weighted by Gasteiger charge is 2.51. The van der Waals surface area contributed by atoms with Crippen molar-refractivity contribution in [3.63, 3.8) is 0 Å². The first-order valence-electron chi connectivity index (χ1n) is 8.98. The molecule has 7 heteroatoms. The summed E-state index contributed by atoms with van der Waals surface area (Å²) in [7, 11) is 1.38. The fourth-order valence-corrected chi connectivity index (χ4v) is 4.44. The van der Waals surface area contributed by atoms with Crippen LogP contribution in [0.25, 0.3) is 0 Å². The van der Waals surface area contributed by atoms with Gasteiger partial charge in [-0.3, -0.25) is 4.79 Å². The van der Waals surface area contributed by atoms with Crippen molar-refractivity contribution in [3.05, 3.63) is 35.3 Å². The number of allylic oxidation sites excluding steroid dienone is 1. The second-order valence-corrected chi connectivity index (χ2v) is 8.10. The Balaban J connectivity index is 1.86. The van der Waals surface area contributed by atoms with Gasteiger partial charge in [0.15, 0.2) is 24.1 Å². The van der Waals surface area contributed by atoms with Crippen LogP contribution in [0.1, 0.15) is 25.3 Å². The standard InChI is InChI=1S/C20H25FO5S/c1-12(6-14-7-17(23)18(24-2)8-15(14)21)20-10-13(4-5-27-3)16(22)9-19(20)25-11-26-20/h7-9,12-13,23H,4-6,10-11H2,1-3H3/t12-,13-,20+/m0/s1. The molecule has 148 valence electrons. The Kier molecular flexibility index (Phi) is 6.01. The average molecular weight is 396 g/mol. The van der Waals surface area contributed by atoms with Gasteiger partial charge in [-0.2, -0.15) is 11.8 Å². The van der Waals surface area contributed by atoms with Crippen molar-refractivity contribution in [1.29, 1.82) is 0 Å². The number of ether oxygens (including phenoxy) is 3. The Morgan fingerprint density at radius 1 is 1.48 bits per heavy atom. The molecule has 0 unspecified atom stereocenters. The molecule has 1 fully saturated rings. The van der Waals surface area contributed by atoms with Gasteiger partial charge in [-0.05, 0) is 48.8 Å². The van der Waals surface area contributed by atoms with Gasteiger partial charge in [0, 0.05) is 18.1 Å². The number of rotatable bonds is 7. The molecule has 1 aliphatic heterocycles. The molecule has 3 atom stereocenters. The van der Waals surface area contributed by atoms with Crippen molar-refractivity contribution in [2.24, 2.45) is 11.8 Å². The van der Waals surface area contributed by atoms with E-state index in [1.165, 1.54) is 19.2 Å². The maximum absolute atomic E-state index is 14.5. The number of carbonyl (C=O) groups excluding carboxylic acids is 1. The monoisotopic (exact) mass is 396 g/mol. The quantitative estimate of drug-likeness (QED) is 0.758. The van der Waals surface area contributed by atoms with Crippen molar-refractivity contribution in [2.75, 3.05) is 25.9 Å². The fraction of sp³-hybridized carbons (Fsp3) is 0.550. The van der Waals surface area contributed by atoms with Crippen molar-refractivity contribution in [2.45, 2.75) is 31.8 Å². The second-order valence-electron chi connectivity index (χ2n) is 7.11. The largest absolute Gasteiger partial charge is 0.504 e. The number of phenols is 1. The molecule has 3 rings (SSSR count). The van der Waals surface area contributed by atoms with Gasteiger partial charge in [-0.15, -0.1) is 0 Å². The first kappa shape index (κ1) is 20.0. The van der Waals surface area contributed by atoms with Gasteiger partial charge in [-0.25, -0.2) is 4.39 Å². The van der Waals surface area contributed by atoms with Crippen LogP contribution in [0.15, 0.2) is 24.0 Å². The Hall–Kier alpha value is -1.73. The summed E-state index contributed by atoms with van der Waals surface area (Å²) in [5.41, 5.74) is -0.360. The fourth-order valence-electron chi connectivity index (χ4n) is 3.92. The summed E-state index contributed by atoms with van der Waals surface area (Å²) in [5.74, 6) is 0.796. The van der Waals surface area contributed by atoms with Crippen molar-refractivity contribution >= 4 is 17.5 Å². The topological polar surface area (TPSA) is 65.0 Å².